The predicted molar refractivity (Wildman–Crippen MR) is 65.8 cm³/mol. The molecule has 0 fully saturated rings. The van der Waals surface area contributed by atoms with Crippen molar-refractivity contribution in [1.82, 2.24) is 0 Å². The predicted octanol–water partition coefficient (Wildman–Crippen LogP) is 2.46. The second-order valence-electron chi connectivity index (χ2n) is 4.17. The Bertz CT molecular complexity index is 286. The molecule has 0 aliphatic rings. The van der Waals surface area contributed by atoms with Gasteiger partial charge in [-0.25, -0.2) is 0 Å². The van der Waals surface area contributed by atoms with E-state index in [0.29, 0.717) is 12.8 Å². The van der Waals surface area contributed by atoms with Crippen LogP contribution >= 0.6 is 7.60 Å². The molecule has 0 aromatic rings. The highest BCUT2D eigenvalue weighted by atomic mass is 31.2. The highest BCUT2D eigenvalue weighted by Gasteiger charge is 2.52. The molecular formula is C11H23O5P. The zero-order valence-electron chi connectivity index (χ0n) is 10.8. The molecule has 0 aromatic heterocycles. The standard InChI is InChI=1S/C11H23O5P/c1-4-7-8-11(6-3,17(13,14)15)10(12)16-9-5-2/h4-9H2,1-3H3,(H2,13,14,15). The molecule has 0 heterocycles. The fraction of sp³-hybridized carbons (Fsp3) is 0.909. The molecule has 0 aromatic carbocycles. The molecule has 17 heavy (non-hydrogen) atoms. The summed E-state index contributed by atoms with van der Waals surface area (Å²) in [5.74, 6) is -0.761. The number of unbranched alkanes of at least 4 members (excludes halogenated alkanes) is 1. The number of rotatable bonds is 8. The van der Waals surface area contributed by atoms with Crippen molar-refractivity contribution < 1.29 is 23.9 Å². The van der Waals surface area contributed by atoms with Crippen LogP contribution in [0.15, 0.2) is 0 Å². The largest absolute Gasteiger partial charge is 0.465 e. The van der Waals surface area contributed by atoms with Gasteiger partial charge in [-0.2, -0.15) is 0 Å². The van der Waals surface area contributed by atoms with E-state index >= 15 is 0 Å². The fourth-order valence-corrected chi connectivity index (χ4v) is 2.86. The first-order valence-electron chi connectivity index (χ1n) is 6.08. The topological polar surface area (TPSA) is 83.8 Å². The van der Waals surface area contributed by atoms with E-state index in [1.54, 1.807) is 6.92 Å². The number of esters is 1. The summed E-state index contributed by atoms with van der Waals surface area (Å²) >= 11 is 0. The molecule has 0 spiro atoms. The molecule has 1 atom stereocenters. The van der Waals surface area contributed by atoms with Gasteiger partial charge >= 0.3 is 13.6 Å². The zero-order chi connectivity index (χ0) is 13.5. The molecule has 1 unspecified atom stereocenters. The van der Waals surface area contributed by atoms with Gasteiger partial charge in [-0.1, -0.05) is 33.6 Å². The van der Waals surface area contributed by atoms with Crippen molar-refractivity contribution in [3.05, 3.63) is 0 Å². The molecule has 0 aliphatic carbocycles. The van der Waals surface area contributed by atoms with E-state index in [1.807, 2.05) is 13.8 Å². The van der Waals surface area contributed by atoms with Crippen LogP contribution in [0.3, 0.4) is 0 Å². The van der Waals surface area contributed by atoms with Crippen LogP contribution in [-0.4, -0.2) is 27.5 Å². The molecule has 0 bridgehead atoms. The van der Waals surface area contributed by atoms with Crippen LogP contribution in [0.25, 0.3) is 0 Å². The van der Waals surface area contributed by atoms with E-state index in [-0.39, 0.29) is 19.4 Å². The van der Waals surface area contributed by atoms with Gasteiger partial charge in [-0.3, -0.25) is 9.36 Å². The molecular weight excluding hydrogens is 243 g/mol. The lowest BCUT2D eigenvalue weighted by Gasteiger charge is -2.30. The van der Waals surface area contributed by atoms with Crippen molar-refractivity contribution in [1.29, 1.82) is 0 Å². The molecule has 0 aliphatic heterocycles. The Morgan fingerprint density at radius 3 is 2.18 bits per heavy atom. The van der Waals surface area contributed by atoms with Gasteiger partial charge in [0.15, 0.2) is 5.16 Å². The van der Waals surface area contributed by atoms with E-state index < -0.39 is 18.7 Å². The smallest absolute Gasteiger partial charge is 0.342 e. The Hall–Kier alpha value is -0.380. The second kappa shape index (κ2) is 7.14. The first kappa shape index (κ1) is 16.6. The molecule has 102 valence electrons. The van der Waals surface area contributed by atoms with E-state index in [4.69, 9.17) is 4.74 Å². The Kier molecular flexibility index (Phi) is 6.98. The Morgan fingerprint density at radius 2 is 1.82 bits per heavy atom. The second-order valence-corrected chi connectivity index (χ2v) is 6.11. The molecule has 0 saturated heterocycles. The summed E-state index contributed by atoms with van der Waals surface area (Å²) in [7, 11) is -4.51. The molecule has 0 rings (SSSR count). The maximum absolute atomic E-state index is 11.9. The normalized spacial score (nSPS) is 15.4. The summed E-state index contributed by atoms with van der Waals surface area (Å²) < 4.78 is 16.5. The van der Waals surface area contributed by atoms with Crippen LogP contribution in [-0.2, 0) is 14.1 Å². The van der Waals surface area contributed by atoms with Crippen LogP contribution in [0, 0.1) is 0 Å². The van der Waals surface area contributed by atoms with Crippen molar-refractivity contribution in [3.63, 3.8) is 0 Å². The molecule has 2 N–H and O–H groups in total. The number of hydrogen-bond acceptors (Lipinski definition) is 3. The van der Waals surface area contributed by atoms with Crippen LogP contribution in [0.2, 0.25) is 0 Å². The number of ether oxygens (including phenoxy) is 1. The maximum Gasteiger partial charge on any atom is 0.342 e. The number of carbonyl (C=O) groups excluding carboxylic acids is 1. The van der Waals surface area contributed by atoms with Gasteiger partial charge in [0.1, 0.15) is 0 Å². The third-order valence-electron chi connectivity index (χ3n) is 2.90. The molecule has 0 saturated carbocycles. The lowest BCUT2D eigenvalue weighted by Crippen LogP contribution is -2.39. The van der Waals surface area contributed by atoms with E-state index in [1.165, 1.54) is 0 Å². The zero-order valence-corrected chi connectivity index (χ0v) is 11.7. The maximum atomic E-state index is 11.9. The van der Waals surface area contributed by atoms with Crippen molar-refractivity contribution in [2.75, 3.05) is 6.61 Å². The monoisotopic (exact) mass is 266 g/mol. The summed E-state index contributed by atoms with van der Waals surface area (Å²) in [6.45, 7) is 5.57. The van der Waals surface area contributed by atoms with Crippen molar-refractivity contribution in [2.24, 2.45) is 0 Å². The Balaban J connectivity index is 5.05. The summed E-state index contributed by atoms with van der Waals surface area (Å²) in [6.07, 6.45) is 2.29. The first-order valence-corrected chi connectivity index (χ1v) is 7.69. The van der Waals surface area contributed by atoms with Gasteiger partial charge in [0.25, 0.3) is 0 Å². The average Bonchev–Trinajstić information content (AvgIpc) is 2.26. The Labute approximate surface area is 103 Å². The first-order chi connectivity index (χ1) is 7.85. The Morgan fingerprint density at radius 1 is 1.24 bits per heavy atom. The highest BCUT2D eigenvalue weighted by molar-refractivity contribution is 7.54. The van der Waals surface area contributed by atoms with Crippen LogP contribution in [0.1, 0.15) is 52.9 Å². The highest BCUT2D eigenvalue weighted by Crippen LogP contribution is 2.55. The lowest BCUT2D eigenvalue weighted by molar-refractivity contribution is -0.147. The molecule has 6 heteroatoms. The summed E-state index contributed by atoms with van der Waals surface area (Å²) in [5.41, 5.74) is 0. The minimum absolute atomic E-state index is 0.0970. The summed E-state index contributed by atoms with van der Waals surface area (Å²) in [4.78, 5) is 30.8. The number of hydrogen-bond donors (Lipinski definition) is 2. The van der Waals surface area contributed by atoms with E-state index in [0.717, 1.165) is 6.42 Å². The number of carbonyl (C=O) groups is 1. The SMILES string of the molecule is CCCCC(CC)(C(=O)OCCC)P(=O)(O)O. The van der Waals surface area contributed by atoms with Crippen LogP contribution in [0.4, 0.5) is 0 Å². The fourth-order valence-electron chi connectivity index (χ4n) is 1.69. The van der Waals surface area contributed by atoms with Gasteiger partial charge in [-0.05, 0) is 19.3 Å². The van der Waals surface area contributed by atoms with Gasteiger partial charge in [0, 0.05) is 0 Å². The van der Waals surface area contributed by atoms with Gasteiger partial charge in [0.05, 0.1) is 6.61 Å². The molecule has 0 radical (unpaired) electrons. The van der Waals surface area contributed by atoms with Crippen molar-refractivity contribution in [3.8, 4) is 0 Å². The van der Waals surface area contributed by atoms with Crippen molar-refractivity contribution >= 4 is 13.6 Å². The van der Waals surface area contributed by atoms with E-state index in [2.05, 4.69) is 0 Å². The third kappa shape index (κ3) is 4.09. The minimum Gasteiger partial charge on any atom is -0.465 e. The molecule has 0 amide bonds. The third-order valence-corrected chi connectivity index (χ3v) is 4.74. The van der Waals surface area contributed by atoms with Gasteiger partial charge in [0.2, 0.25) is 0 Å². The summed E-state index contributed by atoms with van der Waals surface area (Å²) in [6, 6.07) is 0. The van der Waals surface area contributed by atoms with E-state index in [9.17, 15) is 19.1 Å². The van der Waals surface area contributed by atoms with Crippen LogP contribution in [0.5, 0.6) is 0 Å². The van der Waals surface area contributed by atoms with Crippen LogP contribution < -0.4 is 0 Å². The van der Waals surface area contributed by atoms with Gasteiger partial charge < -0.3 is 14.5 Å². The molecule has 5 nitrogen and oxygen atoms in total. The van der Waals surface area contributed by atoms with Gasteiger partial charge in [-0.15, -0.1) is 0 Å². The lowest BCUT2D eigenvalue weighted by atomic mass is 9.98. The minimum atomic E-state index is -4.51. The van der Waals surface area contributed by atoms with Crippen molar-refractivity contribution in [2.45, 2.75) is 58.0 Å². The summed E-state index contributed by atoms with van der Waals surface area (Å²) in [5, 5.41) is -1.65. The average molecular weight is 266 g/mol. The quantitative estimate of drug-likeness (QED) is 0.520.